The lowest BCUT2D eigenvalue weighted by molar-refractivity contribution is -0.138. The zero-order valence-electron chi connectivity index (χ0n) is 22.0. The maximum absolute atomic E-state index is 11.9. The highest BCUT2D eigenvalue weighted by Crippen LogP contribution is 2.37. The minimum absolute atomic E-state index is 0.0289. The van der Waals surface area contributed by atoms with E-state index in [0.29, 0.717) is 40.7 Å². The molecular formula is C30H33N3O4. The van der Waals surface area contributed by atoms with Gasteiger partial charge in [-0.3, -0.25) is 0 Å². The van der Waals surface area contributed by atoms with Crippen LogP contribution in [0.15, 0.2) is 60.7 Å². The molecule has 0 fully saturated rings. The number of rotatable bonds is 7. The summed E-state index contributed by atoms with van der Waals surface area (Å²) in [6, 6.07) is 15.1. The number of benzene rings is 3. The molecule has 0 aliphatic rings. The number of ether oxygens (including phenoxy) is 1. The quantitative estimate of drug-likeness (QED) is 0.250. The fraction of sp³-hybridized carbons (Fsp3) is 0.300. The van der Waals surface area contributed by atoms with E-state index in [9.17, 15) is 15.0 Å². The topological polar surface area (TPSA) is 97.5 Å². The maximum atomic E-state index is 11.9. The summed E-state index contributed by atoms with van der Waals surface area (Å²) in [5.41, 5.74) is 5.96. The number of hydrogen-bond donors (Lipinski definition) is 2. The predicted octanol–water partition coefficient (Wildman–Crippen LogP) is 5.69. The minimum Gasteiger partial charge on any atom is -0.507 e. The third-order valence-corrected chi connectivity index (χ3v) is 6.23. The first kappa shape index (κ1) is 25.9. The zero-order chi connectivity index (χ0) is 26.9. The molecular weight excluding hydrogens is 466 g/mol. The molecule has 7 nitrogen and oxygen atoms in total. The van der Waals surface area contributed by atoms with Gasteiger partial charge in [-0.1, -0.05) is 63.2 Å². The van der Waals surface area contributed by atoms with Gasteiger partial charge in [-0.15, -0.1) is 15.0 Å². The Morgan fingerprint density at radius 3 is 2.22 bits per heavy atom. The molecule has 0 bridgehead atoms. The molecule has 0 atom stereocenters. The fourth-order valence-electron chi connectivity index (χ4n) is 4.29. The number of nitrogens with zero attached hydrogens (tertiary/aromatic N) is 3. The van der Waals surface area contributed by atoms with Gasteiger partial charge in [0.15, 0.2) is 0 Å². The molecule has 4 rings (SSSR count). The third-order valence-electron chi connectivity index (χ3n) is 6.23. The minimum atomic E-state index is -0.446. The summed E-state index contributed by atoms with van der Waals surface area (Å²) in [5.74, 6) is -0.192. The lowest BCUT2D eigenvalue weighted by Crippen LogP contribution is -2.13. The third kappa shape index (κ3) is 5.66. The summed E-state index contributed by atoms with van der Waals surface area (Å²) in [6.45, 7) is 13.5. The summed E-state index contributed by atoms with van der Waals surface area (Å²) >= 11 is 0. The second kappa shape index (κ2) is 10.1. The molecule has 4 aromatic rings. The van der Waals surface area contributed by atoms with Crippen LogP contribution >= 0.6 is 0 Å². The van der Waals surface area contributed by atoms with E-state index in [0.717, 1.165) is 22.3 Å². The number of aromatic hydroxyl groups is 2. The van der Waals surface area contributed by atoms with E-state index in [1.807, 2.05) is 49.4 Å². The van der Waals surface area contributed by atoms with Gasteiger partial charge in [-0.25, -0.2) is 4.79 Å². The molecule has 7 heteroatoms. The molecule has 192 valence electrons. The summed E-state index contributed by atoms with van der Waals surface area (Å²) in [6.07, 6.45) is 0.725. The summed E-state index contributed by atoms with van der Waals surface area (Å²) in [5, 5.41) is 31.6. The van der Waals surface area contributed by atoms with Gasteiger partial charge in [0, 0.05) is 24.0 Å². The summed E-state index contributed by atoms with van der Waals surface area (Å²) < 4.78 is 5.30. The van der Waals surface area contributed by atoms with Gasteiger partial charge in [0.25, 0.3) is 0 Å². The fourth-order valence-corrected chi connectivity index (χ4v) is 4.29. The highest BCUT2D eigenvalue weighted by Gasteiger charge is 2.22. The van der Waals surface area contributed by atoms with Gasteiger partial charge in [-0.05, 0) is 54.2 Å². The van der Waals surface area contributed by atoms with Crippen molar-refractivity contribution in [3.05, 3.63) is 88.5 Å². The number of carbonyl (C=O) groups is 1. The number of phenolic OH excluding ortho intramolecular Hbond substituents is 2. The Bertz CT molecular complexity index is 1460. The van der Waals surface area contributed by atoms with Crippen LogP contribution in [0.1, 0.15) is 55.5 Å². The Labute approximate surface area is 217 Å². The van der Waals surface area contributed by atoms with Crippen molar-refractivity contribution >= 4 is 17.0 Å². The van der Waals surface area contributed by atoms with Crippen molar-refractivity contribution < 1.29 is 19.7 Å². The van der Waals surface area contributed by atoms with Gasteiger partial charge in [0.05, 0.1) is 6.61 Å². The van der Waals surface area contributed by atoms with Crippen molar-refractivity contribution in [1.82, 2.24) is 15.0 Å². The van der Waals surface area contributed by atoms with E-state index in [4.69, 9.17) is 4.74 Å². The molecule has 3 aromatic carbocycles. The maximum Gasteiger partial charge on any atom is 0.333 e. The Kier molecular flexibility index (Phi) is 7.07. The Balaban J connectivity index is 1.78. The normalized spacial score (nSPS) is 11.6. The van der Waals surface area contributed by atoms with Crippen molar-refractivity contribution in [2.45, 2.75) is 52.9 Å². The van der Waals surface area contributed by atoms with Crippen LogP contribution in [0.2, 0.25) is 0 Å². The van der Waals surface area contributed by atoms with Crippen LogP contribution in [0.5, 0.6) is 11.5 Å². The molecule has 37 heavy (non-hydrogen) atoms. The van der Waals surface area contributed by atoms with Crippen LogP contribution in [-0.2, 0) is 27.8 Å². The van der Waals surface area contributed by atoms with Gasteiger partial charge in [-0.2, -0.15) is 0 Å². The SMILES string of the molecule is C=C(C)C(=O)OCCc1cc(Cc2cc(C)cc(C(C)(C)C)c2O)c(O)c(-n2nc3ccccc3n2)c1. The van der Waals surface area contributed by atoms with Crippen molar-refractivity contribution in [1.29, 1.82) is 0 Å². The van der Waals surface area contributed by atoms with Gasteiger partial charge in [0.2, 0.25) is 0 Å². The van der Waals surface area contributed by atoms with Crippen LogP contribution in [0.4, 0.5) is 0 Å². The number of carbonyl (C=O) groups excluding carboxylic acids is 1. The number of phenols is 2. The molecule has 0 aliphatic heterocycles. The average molecular weight is 500 g/mol. The lowest BCUT2D eigenvalue weighted by atomic mass is 9.83. The molecule has 0 amide bonds. The Hall–Kier alpha value is -4.13. The molecule has 0 saturated carbocycles. The molecule has 0 radical (unpaired) electrons. The monoisotopic (exact) mass is 499 g/mol. The number of aryl methyl sites for hydroxylation is 1. The molecule has 0 unspecified atom stereocenters. The first-order chi connectivity index (χ1) is 17.4. The highest BCUT2D eigenvalue weighted by molar-refractivity contribution is 5.86. The number of aromatic nitrogens is 3. The molecule has 1 heterocycles. The molecule has 0 spiro atoms. The molecule has 0 aliphatic carbocycles. The van der Waals surface area contributed by atoms with E-state index in [1.165, 1.54) is 4.80 Å². The van der Waals surface area contributed by atoms with Crippen molar-refractivity contribution in [3.63, 3.8) is 0 Å². The number of esters is 1. The standard InChI is InChI=1S/C30H33N3O4/c1-18(2)29(36)37-12-11-20-15-22(17-21-13-19(3)14-23(27(21)34)30(4,5)6)28(35)26(16-20)33-31-24-9-7-8-10-25(24)32-33/h7-10,13-16,34-35H,1,11-12,17H2,2-6H3. The summed E-state index contributed by atoms with van der Waals surface area (Å²) in [4.78, 5) is 13.3. The van der Waals surface area contributed by atoms with Gasteiger partial charge in [0.1, 0.15) is 28.2 Å². The van der Waals surface area contributed by atoms with Crippen molar-refractivity contribution in [3.8, 4) is 17.2 Å². The number of fused-ring (bicyclic) bond motifs is 1. The van der Waals surface area contributed by atoms with Crippen molar-refractivity contribution in [2.75, 3.05) is 6.61 Å². The second-order valence-electron chi connectivity index (χ2n) is 10.5. The first-order valence-corrected chi connectivity index (χ1v) is 12.3. The van der Waals surface area contributed by atoms with Gasteiger partial charge >= 0.3 is 5.97 Å². The second-order valence-corrected chi connectivity index (χ2v) is 10.5. The number of hydrogen-bond acceptors (Lipinski definition) is 6. The first-order valence-electron chi connectivity index (χ1n) is 12.3. The highest BCUT2D eigenvalue weighted by atomic mass is 16.5. The predicted molar refractivity (Wildman–Crippen MR) is 144 cm³/mol. The summed E-state index contributed by atoms with van der Waals surface area (Å²) in [7, 11) is 0. The molecule has 2 N–H and O–H groups in total. The smallest absolute Gasteiger partial charge is 0.333 e. The van der Waals surface area contributed by atoms with E-state index >= 15 is 0 Å². The lowest BCUT2D eigenvalue weighted by Gasteiger charge is -2.23. The van der Waals surface area contributed by atoms with Crippen LogP contribution in [0.3, 0.4) is 0 Å². The zero-order valence-corrected chi connectivity index (χ0v) is 22.0. The van der Waals surface area contributed by atoms with Crippen LogP contribution in [0, 0.1) is 6.92 Å². The van der Waals surface area contributed by atoms with Crippen LogP contribution in [-0.4, -0.2) is 37.8 Å². The Morgan fingerprint density at radius 1 is 1.00 bits per heavy atom. The van der Waals surface area contributed by atoms with E-state index in [2.05, 4.69) is 37.5 Å². The Morgan fingerprint density at radius 2 is 1.62 bits per heavy atom. The van der Waals surface area contributed by atoms with E-state index < -0.39 is 5.97 Å². The van der Waals surface area contributed by atoms with Gasteiger partial charge < -0.3 is 14.9 Å². The average Bonchev–Trinajstić information content (AvgIpc) is 3.26. The van der Waals surface area contributed by atoms with Crippen molar-refractivity contribution in [2.24, 2.45) is 0 Å². The van der Waals surface area contributed by atoms with E-state index in [-0.39, 0.29) is 23.5 Å². The molecule has 0 saturated heterocycles. The van der Waals surface area contributed by atoms with Crippen LogP contribution in [0.25, 0.3) is 16.7 Å². The largest absolute Gasteiger partial charge is 0.507 e. The van der Waals surface area contributed by atoms with E-state index in [1.54, 1.807) is 13.0 Å². The molecule has 1 aromatic heterocycles. The van der Waals surface area contributed by atoms with Crippen LogP contribution < -0.4 is 0 Å².